The molecule has 192 valence electrons. The molecule has 0 saturated carbocycles. The van der Waals surface area contributed by atoms with Crippen LogP contribution in [0.3, 0.4) is 0 Å². The molecule has 6 heteroatoms. The lowest BCUT2D eigenvalue weighted by Crippen LogP contribution is -2.51. The van der Waals surface area contributed by atoms with Crippen molar-refractivity contribution in [1.82, 2.24) is 10.2 Å². The van der Waals surface area contributed by atoms with E-state index in [2.05, 4.69) is 74.4 Å². The number of nitrogens with one attached hydrogen (secondary N) is 1. The second-order valence-corrected chi connectivity index (χ2v) is 16.1. The predicted molar refractivity (Wildman–Crippen MR) is 146 cm³/mol. The second-order valence-electron chi connectivity index (χ2n) is 11.4. The van der Waals surface area contributed by atoms with E-state index in [9.17, 15) is 4.79 Å². The van der Waals surface area contributed by atoms with Crippen molar-refractivity contribution in [3.63, 3.8) is 0 Å². The number of ether oxygens (including phenoxy) is 1. The fourth-order valence-corrected chi connectivity index (χ4v) is 5.66. The molecule has 2 aromatic carbocycles. The first kappa shape index (κ1) is 27.4. The number of amides is 1. The Hall–Kier alpha value is -2.15. The van der Waals surface area contributed by atoms with Gasteiger partial charge in [-0.1, -0.05) is 81.4 Å². The average molecular weight is 497 g/mol. The summed E-state index contributed by atoms with van der Waals surface area (Å²) in [6.07, 6.45) is 3.13. The molecule has 0 aliphatic carbocycles. The van der Waals surface area contributed by atoms with Gasteiger partial charge in [-0.15, -0.1) is 0 Å². The largest absolute Gasteiger partial charge is 0.445 e. The summed E-state index contributed by atoms with van der Waals surface area (Å²) in [5.41, 5.74) is 2.42. The van der Waals surface area contributed by atoms with Gasteiger partial charge in [0.15, 0.2) is 8.32 Å². The fourth-order valence-electron chi connectivity index (χ4n) is 4.32. The number of nitrogens with zero attached hydrogens (tertiary/aromatic N) is 1. The highest BCUT2D eigenvalue weighted by atomic mass is 28.4. The molecular weight excluding hydrogens is 452 g/mol. The van der Waals surface area contributed by atoms with Crippen molar-refractivity contribution in [3.8, 4) is 0 Å². The van der Waals surface area contributed by atoms with E-state index in [1.165, 1.54) is 18.4 Å². The van der Waals surface area contributed by atoms with E-state index in [0.29, 0.717) is 6.54 Å². The van der Waals surface area contributed by atoms with Gasteiger partial charge < -0.3 is 19.4 Å². The van der Waals surface area contributed by atoms with Gasteiger partial charge in [-0.05, 0) is 67.5 Å². The first-order chi connectivity index (χ1) is 16.6. The number of benzene rings is 2. The topological polar surface area (TPSA) is 50.8 Å². The maximum Gasteiger partial charge on any atom is 0.407 e. The van der Waals surface area contributed by atoms with Crippen molar-refractivity contribution in [2.45, 2.75) is 70.9 Å². The Morgan fingerprint density at radius 3 is 2.14 bits per heavy atom. The first-order valence-electron chi connectivity index (χ1n) is 13.0. The molecule has 1 unspecified atom stereocenters. The number of carbonyl (C=O) groups is 1. The Morgan fingerprint density at radius 1 is 1.00 bits per heavy atom. The lowest BCUT2D eigenvalue weighted by atomic mass is 9.90. The van der Waals surface area contributed by atoms with Gasteiger partial charge in [0.2, 0.25) is 0 Å². The van der Waals surface area contributed by atoms with Crippen molar-refractivity contribution in [1.29, 1.82) is 0 Å². The summed E-state index contributed by atoms with van der Waals surface area (Å²) in [4.78, 5) is 14.9. The number of hydrogen-bond acceptors (Lipinski definition) is 4. The molecule has 1 aliphatic heterocycles. The molecule has 1 atom stereocenters. The molecule has 0 aromatic heterocycles. The van der Waals surface area contributed by atoms with Gasteiger partial charge in [-0.2, -0.15) is 0 Å². The van der Waals surface area contributed by atoms with Crippen LogP contribution in [0.5, 0.6) is 0 Å². The molecule has 0 radical (unpaired) electrons. The van der Waals surface area contributed by atoms with Gasteiger partial charge in [-0.3, -0.25) is 0 Å². The first-order valence-corrected chi connectivity index (χ1v) is 15.9. The van der Waals surface area contributed by atoms with Crippen molar-refractivity contribution in [3.05, 3.63) is 71.8 Å². The van der Waals surface area contributed by atoms with Crippen LogP contribution in [0.2, 0.25) is 18.1 Å². The number of hydrogen-bond donors (Lipinski definition) is 1. The highest BCUT2D eigenvalue weighted by molar-refractivity contribution is 6.74. The molecule has 1 fully saturated rings. The molecule has 1 heterocycles. The number of piperidine rings is 1. The van der Waals surface area contributed by atoms with Gasteiger partial charge in [0.05, 0.1) is 6.10 Å². The molecule has 2 aromatic rings. The fraction of sp³-hybridized carbons (Fsp3) is 0.552. The van der Waals surface area contributed by atoms with Crippen LogP contribution >= 0.6 is 0 Å². The molecule has 1 N–H and O–H groups in total. The standard InChI is InChI=1S/C29H44N2O3Si/c1-29(2,3)35(4,5)34-27(21-30-28(32)33-23-26-14-10-7-11-15-26)22-31-18-16-25(17-19-31)20-24-12-8-6-9-13-24/h6-15,25,27H,16-23H2,1-5H3,(H,30,32). The summed E-state index contributed by atoms with van der Waals surface area (Å²) in [7, 11) is -1.98. The monoisotopic (exact) mass is 496 g/mol. The summed E-state index contributed by atoms with van der Waals surface area (Å²) < 4.78 is 12.2. The highest BCUT2D eigenvalue weighted by Gasteiger charge is 2.39. The molecule has 1 amide bonds. The van der Waals surface area contributed by atoms with E-state index in [1.54, 1.807) is 0 Å². The van der Waals surface area contributed by atoms with Crippen LogP contribution in [0.15, 0.2) is 60.7 Å². The van der Waals surface area contributed by atoms with Crippen LogP contribution in [0.1, 0.15) is 44.7 Å². The molecule has 1 saturated heterocycles. The maximum absolute atomic E-state index is 12.4. The van der Waals surface area contributed by atoms with Crippen molar-refractivity contribution in [2.24, 2.45) is 5.92 Å². The Balaban J connectivity index is 1.52. The zero-order chi connectivity index (χ0) is 25.3. The summed E-state index contributed by atoms with van der Waals surface area (Å²) in [6.45, 7) is 15.1. The molecule has 0 bridgehead atoms. The minimum absolute atomic E-state index is 0.0501. The maximum atomic E-state index is 12.4. The zero-order valence-electron chi connectivity index (χ0n) is 22.3. The van der Waals surface area contributed by atoms with Gasteiger partial charge in [0.25, 0.3) is 0 Å². The quantitative estimate of drug-likeness (QED) is 0.395. The SMILES string of the molecule is CC(C)(C)[Si](C)(C)OC(CNC(=O)OCc1ccccc1)CN1CCC(Cc2ccccc2)CC1. The lowest BCUT2D eigenvalue weighted by molar-refractivity contribution is 0.0889. The van der Waals surface area contributed by atoms with Gasteiger partial charge in [0, 0.05) is 13.1 Å². The van der Waals surface area contributed by atoms with Gasteiger partial charge >= 0.3 is 6.09 Å². The van der Waals surface area contributed by atoms with Crippen molar-refractivity contribution < 1.29 is 14.0 Å². The van der Waals surface area contributed by atoms with E-state index in [1.807, 2.05) is 30.3 Å². The van der Waals surface area contributed by atoms with Gasteiger partial charge in [0.1, 0.15) is 6.61 Å². The second kappa shape index (κ2) is 12.7. The summed E-state index contributed by atoms with van der Waals surface area (Å²) in [5.74, 6) is 0.736. The van der Waals surface area contributed by atoms with Crippen LogP contribution < -0.4 is 5.32 Å². The van der Waals surface area contributed by atoms with E-state index in [4.69, 9.17) is 9.16 Å². The lowest BCUT2D eigenvalue weighted by Gasteiger charge is -2.41. The van der Waals surface area contributed by atoms with Crippen LogP contribution in [0, 0.1) is 5.92 Å². The molecular formula is C29H44N2O3Si. The third kappa shape index (κ3) is 9.10. The van der Waals surface area contributed by atoms with Crippen LogP contribution in [0.25, 0.3) is 0 Å². The van der Waals surface area contributed by atoms with Crippen LogP contribution in [0.4, 0.5) is 4.79 Å². The van der Waals surface area contributed by atoms with E-state index >= 15 is 0 Å². The summed E-state index contributed by atoms with van der Waals surface area (Å²) in [5, 5.41) is 3.08. The number of rotatable bonds is 10. The Kier molecular flexibility index (Phi) is 9.96. The minimum atomic E-state index is -1.98. The molecule has 1 aliphatic rings. The Bertz CT molecular complexity index is 891. The number of carbonyl (C=O) groups excluding carboxylic acids is 1. The third-order valence-corrected chi connectivity index (χ3v) is 12.0. The third-order valence-electron chi connectivity index (χ3n) is 7.49. The molecule has 35 heavy (non-hydrogen) atoms. The minimum Gasteiger partial charge on any atom is -0.445 e. The highest BCUT2D eigenvalue weighted by Crippen LogP contribution is 2.37. The van der Waals surface area contributed by atoms with Crippen molar-refractivity contribution in [2.75, 3.05) is 26.2 Å². The summed E-state index contributed by atoms with van der Waals surface area (Å²) in [6, 6.07) is 20.6. The van der Waals surface area contributed by atoms with E-state index < -0.39 is 8.32 Å². The zero-order valence-corrected chi connectivity index (χ0v) is 23.3. The molecule has 0 spiro atoms. The van der Waals surface area contributed by atoms with Crippen LogP contribution in [-0.2, 0) is 22.2 Å². The van der Waals surface area contributed by atoms with Crippen molar-refractivity contribution >= 4 is 14.4 Å². The van der Waals surface area contributed by atoms with E-state index in [-0.39, 0.29) is 23.8 Å². The normalized spacial score (nSPS) is 16.6. The molecule has 3 rings (SSSR count). The smallest absolute Gasteiger partial charge is 0.407 e. The summed E-state index contributed by atoms with van der Waals surface area (Å²) >= 11 is 0. The number of alkyl carbamates (subject to hydrolysis) is 1. The number of likely N-dealkylation sites (tertiary alicyclic amines) is 1. The Morgan fingerprint density at radius 2 is 1.57 bits per heavy atom. The van der Waals surface area contributed by atoms with Crippen LogP contribution in [-0.4, -0.2) is 51.6 Å². The Labute approximate surface area is 213 Å². The van der Waals surface area contributed by atoms with E-state index in [0.717, 1.165) is 37.5 Å². The average Bonchev–Trinajstić information content (AvgIpc) is 2.83. The predicted octanol–water partition coefficient (Wildman–Crippen LogP) is 6.26. The van der Waals surface area contributed by atoms with Gasteiger partial charge in [-0.25, -0.2) is 4.79 Å². The molecule has 5 nitrogen and oxygen atoms in total.